The lowest BCUT2D eigenvalue weighted by molar-refractivity contribution is -0.162. The molecule has 0 saturated heterocycles. The van der Waals surface area contributed by atoms with E-state index in [1.165, 1.54) is 0 Å². The molecule has 138 valence electrons. The molecule has 1 N–H and O–H groups in total. The summed E-state index contributed by atoms with van der Waals surface area (Å²) in [6.07, 6.45) is 0. The molecule has 0 amide bonds. The van der Waals surface area contributed by atoms with Gasteiger partial charge in [-0.15, -0.1) is 0 Å². The molecule has 0 heterocycles. The molecule has 0 bridgehead atoms. The molecule has 5 heteroatoms. The van der Waals surface area contributed by atoms with Gasteiger partial charge in [0.2, 0.25) is 5.60 Å². The minimum Gasteiger partial charge on any atom is -0.488 e. The highest BCUT2D eigenvalue weighted by Crippen LogP contribution is 2.31. The third-order valence-corrected chi connectivity index (χ3v) is 4.40. The van der Waals surface area contributed by atoms with Crippen molar-refractivity contribution in [2.45, 2.75) is 5.60 Å². The predicted octanol–water partition coefficient (Wildman–Crippen LogP) is 4.20. The Kier molecular flexibility index (Phi) is 6.12. The highest BCUT2D eigenvalue weighted by Gasteiger charge is 2.41. The molecule has 0 aromatic heterocycles. The summed E-state index contributed by atoms with van der Waals surface area (Å²) >= 11 is 6.03. The van der Waals surface area contributed by atoms with Gasteiger partial charge in [0.15, 0.2) is 0 Å². The second kappa shape index (κ2) is 8.71. The number of aliphatic hydroxyl groups is 1. The Balaban J connectivity index is 1.72. The molecule has 0 radical (unpaired) electrons. The predicted molar refractivity (Wildman–Crippen MR) is 104 cm³/mol. The Morgan fingerprint density at radius 2 is 1.33 bits per heavy atom. The summed E-state index contributed by atoms with van der Waals surface area (Å²) < 4.78 is 10.8. The van der Waals surface area contributed by atoms with Crippen LogP contribution in [0.3, 0.4) is 0 Å². The van der Waals surface area contributed by atoms with Crippen LogP contribution < -0.4 is 4.74 Å². The number of benzene rings is 3. The van der Waals surface area contributed by atoms with Crippen LogP contribution in [0.15, 0.2) is 84.9 Å². The molecule has 0 saturated carbocycles. The van der Waals surface area contributed by atoms with Crippen molar-refractivity contribution in [3.63, 3.8) is 0 Å². The Morgan fingerprint density at radius 1 is 0.815 bits per heavy atom. The van der Waals surface area contributed by atoms with Gasteiger partial charge in [-0.2, -0.15) is 0 Å². The molecule has 0 spiro atoms. The lowest BCUT2D eigenvalue weighted by Gasteiger charge is -2.27. The van der Waals surface area contributed by atoms with Crippen LogP contribution in [0.4, 0.5) is 0 Å². The zero-order chi connectivity index (χ0) is 19.1. The van der Waals surface area contributed by atoms with Crippen LogP contribution in [0.1, 0.15) is 11.1 Å². The van der Waals surface area contributed by atoms with Crippen molar-refractivity contribution in [1.29, 1.82) is 0 Å². The van der Waals surface area contributed by atoms with Crippen LogP contribution in [-0.4, -0.2) is 24.3 Å². The van der Waals surface area contributed by atoms with E-state index >= 15 is 0 Å². The second-order valence-electron chi connectivity index (χ2n) is 5.86. The quantitative estimate of drug-likeness (QED) is 0.491. The van der Waals surface area contributed by atoms with Gasteiger partial charge in [0, 0.05) is 0 Å². The number of para-hydroxylation sites is 1. The van der Waals surface area contributed by atoms with E-state index in [2.05, 4.69) is 0 Å². The van der Waals surface area contributed by atoms with Crippen molar-refractivity contribution in [3.05, 3.63) is 101 Å². The molecule has 3 rings (SSSR count). The Morgan fingerprint density at radius 3 is 1.89 bits per heavy atom. The van der Waals surface area contributed by atoms with Crippen LogP contribution in [0.25, 0.3) is 0 Å². The molecule has 0 atom stereocenters. The number of carbonyl (C=O) groups excluding carboxylic acids is 1. The standard InChI is InChI=1S/C22H19ClO4/c23-19-13-7-8-14-20(19)26-15-16-27-21(24)22(25,17-9-3-1-4-10-17)18-11-5-2-6-12-18/h1-14,25H,15-16H2. The van der Waals surface area contributed by atoms with Gasteiger partial charge in [-0.3, -0.25) is 0 Å². The second-order valence-corrected chi connectivity index (χ2v) is 6.26. The minimum atomic E-state index is -1.90. The monoisotopic (exact) mass is 382 g/mol. The fraction of sp³-hybridized carbons (Fsp3) is 0.136. The zero-order valence-corrected chi connectivity index (χ0v) is 15.3. The number of carbonyl (C=O) groups is 1. The van der Waals surface area contributed by atoms with Gasteiger partial charge in [-0.25, -0.2) is 4.79 Å². The van der Waals surface area contributed by atoms with Crippen LogP contribution in [0.2, 0.25) is 5.02 Å². The summed E-state index contributed by atoms with van der Waals surface area (Å²) in [5, 5.41) is 11.7. The van der Waals surface area contributed by atoms with E-state index in [1.807, 2.05) is 12.1 Å². The summed E-state index contributed by atoms with van der Waals surface area (Å²) in [5.74, 6) is -0.251. The number of ether oxygens (including phenoxy) is 2. The normalized spacial score (nSPS) is 11.0. The third kappa shape index (κ3) is 4.30. The lowest BCUT2D eigenvalue weighted by Crippen LogP contribution is -2.39. The Labute approximate surface area is 162 Å². The number of rotatable bonds is 7. The highest BCUT2D eigenvalue weighted by atomic mass is 35.5. The molecule has 0 unspecified atom stereocenters. The average Bonchev–Trinajstić information content (AvgIpc) is 2.73. The number of hydrogen-bond acceptors (Lipinski definition) is 4. The number of hydrogen-bond donors (Lipinski definition) is 1. The summed E-state index contributed by atoms with van der Waals surface area (Å²) in [7, 11) is 0. The van der Waals surface area contributed by atoms with Gasteiger partial charge in [-0.05, 0) is 23.3 Å². The molecule has 3 aromatic rings. The van der Waals surface area contributed by atoms with E-state index in [9.17, 15) is 9.90 Å². The van der Waals surface area contributed by atoms with Gasteiger partial charge in [0.05, 0.1) is 5.02 Å². The first kappa shape index (κ1) is 19.0. The molecular weight excluding hydrogens is 364 g/mol. The first-order valence-electron chi connectivity index (χ1n) is 8.50. The van der Waals surface area contributed by atoms with E-state index < -0.39 is 11.6 Å². The van der Waals surface area contributed by atoms with E-state index in [0.717, 1.165) is 0 Å². The maximum absolute atomic E-state index is 12.8. The third-order valence-electron chi connectivity index (χ3n) is 4.09. The topological polar surface area (TPSA) is 55.8 Å². The van der Waals surface area contributed by atoms with Crippen molar-refractivity contribution in [1.82, 2.24) is 0 Å². The molecular formula is C22H19ClO4. The highest BCUT2D eigenvalue weighted by molar-refractivity contribution is 6.32. The molecule has 4 nitrogen and oxygen atoms in total. The number of halogens is 1. The molecule has 0 aliphatic heterocycles. The summed E-state index contributed by atoms with van der Waals surface area (Å²) in [4.78, 5) is 12.8. The smallest absolute Gasteiger partial charge is 0.347 e. The van der Waals surface area contributed by atoms with Crippen molar-refractivity contribution >= 4 is 17.6 Å². The average molecular weight is 383 g/mol. The summed E-state index contributed by atoms with van der Waals surface area (Å²) in [5.41, 5.74) is -1.02. The van der Waals surface area contributed by atoms with Crippen molar-refractivity contribution in [2.24, 2.45) is 0 Å². The zero-order valence-electron chi connectivity index (χ0n) is 14.5. The maximum Gasteiger partial charge on any atom is 0.347 e. The minimum absolute atomic E-state index is 0.0218. The van der Waals surface area contributed by atoms with Crippen LogP contribution in [-0.2, 0) is 15.1 Å². The SMILES string of the molecule is O=C(OCCOc1ccccc1Cl)C(O)(c1ccccc1)c1ccccc1. The number of esters is 1. The van der Waals surface area contributed by atoms with Crippen molar-refractivity contribution in [2.75, 3.05) is 13.2 Å². The van der Waals surface area contributed by atoms with E-state index in [0.29, 0.717) is 21.9 Å². The largest absolute Gasteiger partial charge is 0.488 e. The summed E-state index contributed by atoms with van der Waals surface area (Å²) in [6.45, 7) is 0.0984. The molecule has 27 heavy (non-hydrogen) atoms. The van der Waals surface area contributed by atoms with Gasteiger partial charge in [-0.1, -0.05) is 84.4 Å². The van der Waals surface area contributed by atoms with Crippen molar-refractivity contribution < 1.29 is 19.4 Å². The Bertz CT molecular complexity index is 842. The fourth-order valence-corrected chi connectivity index (χ4v) is 2.90. The van der Waals surface area contributed by atoms with Crippen LogP contribution in [0.5, 0.6) is 5.75 Å². The van der Waals surface area contributed by atoms with Gasteiger partial charge < -0.3 is 14.6 Å². The first-order chi connectivity index (χ1) is 13.1. The molecule has 0 aliphatic carbocycles. The van der Waals surface area contributed by atoms with E-state index in [-0.39, 0.29) is 13.2 Å². The van der Waals surface area contributed by atoms with Gasteiger partial charge in [0.25, 0.3) is 0 Å². The van der Waals surface area contributed by atoms with Crippen LogP contribution in [0, 0.1) is 0 Å². The van der Waals surface area contributed by atoms with Gasteiger partial charge >= 0.3 is 5.97 Å². The van der Waals surface area contributed by atoms with E-state index in [4.69, 9.17) is 21.1 Å². The van der Waals surface area contributed by atoms with Gasteiger partial charge in [0.1, 0.15) is 19.0 Å². The van der Waals surface area contributed by atoms with E-state index in [1.54, 1.807) is 72.8 Å². The van der Waals surface area contributed by atoms with Crippen LogP contribution >= 0.6 is 11.6 Å². The maximum atomic E-state index is 12.8. The van der Waals surface area contributed by atoms with Crippen molar-refractivity contribution in [3.8, 4) is 5.75 Å². The fourth-order valence-electron chi connectivity index (χ4n) is 2.71. The Hall–Kier alpha value is -2.82. The molecule has 3 aromatic carbocycles. The summed E-state index contributed by atoms with van der Waals surface area (Å²) in [6, 6.07) is 24.5. The molecule has 0 fully saturated rings. The molecule has 0 aliphatic rings. The lowest BCUT2D eigenvalue weighted by atomic mass is 9.86. The first-order valence-corrected chi connectivity index (χ1v) is 8.88.